The Morgan fingerprint density at radius 1 is 0.625 bits per heavy atom. The van der Waals surface area contributed by atoms with Crippen molar-refractivity contribution in [3.8, 4) is 11.5 Å². The van der Waals surface area contributed by atoms with E-state index in [9.17, 15) is 0 Å². The molecule has 32 heavy (non-hydrogen) atoms. The first-order valence-electron chi connectivity index (χ1n) is 10.7. The van der Waals surface area contributed by atoms with E-state index in [1.54, 1.807) is 0 Å². The van der Waals surface area contributed by atoms with Gasteiger partial charge in [0, 0.05) is 12.4 Å². The van der Waals surface area contributed by atoms with Gasteiger partial charge in [-0.05, 0) is 59.7 Å². The van der Waals surface area contributed by atoms with Gasteiger partial charge in [-0.15, -0.1) is 0 Å². The first-order valence-corrected chi connectivity index (χ1v) is 10.7. The van der Waals surface area contributed by atoms with Crippen LogP contribution in [0.5, 0.6) is 11.5 Å². The van der Waals surface area contributed by atoms with Gasteiger partial charge in [0.15, 0.2) is 0 Å². The molecule has 162 valence electrons. The van der Waals surface area contributed by atoms with Crippen LogP contribution in [0.4, 0.5) is 11.4 Å². The van der Waals surface area contributed by atoms with Crippen LogP contribution in [0.25, 0.3) is 0 Å². The van der Waals surface area contributed by atoms with Gasteiger partial charge in [-0.3, -0.25) is 9.98 Å². The molecule has 0 spiro atoms. The van der Waals surface area contributed by atoms with Gasteiger partial charge < -0.3 is 18.9 Å². The van der Waals surface area contributed by atoms with Gasteiger partial charge >= 0.3 is 0 Å². The van der Waals surface area contributed by atoms with E-state index in [2.05, 4.69) is 9.98 Å². The molecule has 6 nitrogen and oxygen atoms in total. The third kappa shape index (κ3) is 6.26. The zero-order valence-corrected chi connectivity index (χ0v) is 17.6. The van der Waals surface area contributed by atoms with Crippen LogP contribution >= 0.6 is 0 Å². The van der Waals surface area contributed by atoms with E-state index in [1.807, 2.05) is 85.2 Å². The van der Waals surface area contributed by atoms with Crippen molar-refractivity contribution in [2.45, 2.75) is 12.2 Å². The van der Waals surface area contributed by atoms with E-state index in [0.29, 0.717) is 13.2 Å². The minimum Gasteiger partial charge on any atom is -0.491 e. The van der Waals surface area contributed by atoms with E-state index >= 15 is 0 Å². The van der Waals surface area contributed by atoms with E-state index in [0.717, 1.165) is 47.2 Å². The maximum absolute atomic E-state index is 5.64. The monoisotopic (exact) mass is 428 g/mol. The summed E-state index contributed by atoms with van der Waals surface area (Å²) in [6, 6.07) is 23.6. The van der Waals surface area contributed by atoms with Crippen LogP contribution in [-0.2, 0) is 9.47 Å². The Morgan fingerprint density at radius 3 is 1.34 bits per heavy atom. The highest BCUT2D eigenvalue weighted by atomic mass is 16.6. The highest BCUT2D eigenvalue weighted by molar-refractivity contribution is 5.86. The van der Waals surface area contributed by atoms with Gasteiger partial charge in [-0.1, -0.05) is 24.3 Å². The predicted molar refractivity (Wildman–Crippen MR) is 124 cm³/mol. The molecule has 3 aromatic rings. The number of benzene rings is 3. The lowest BCUT2D eigenvalue weighted by Gasteiger charge is -2.04. The molecule has 0 amide bonds. The summed E-state index contributed by atoms with van der Waals surface area (Å²) in [6.07, 6.45) is 4.21. The number of hydrogen-bond acceptors (Lipinski definition) is 6. The third-order valence-electron chi connectivity index (χ3n) is 5.01. The van der Waals surface area contributed by atoms with E-state index in [1.165, 1.54) is 0 Å². The van der Waals surface area contributed by atoms with E-state index in [4.69, 9.17) is 18.9 Å². The Labute approximate surface area is 187 Å². The zero-order chi connectivity index (χ0) is 21.6. The van der Waals surface area contributed by atoms with Gasteiger partial charge in [-0.2, -0.15) is 0 Å². The molecule has 0 aromatic heterocycles. The first-order chi connectivity index (χ1) is 15.8. The molecule has 3 aromatic carbocycles. The topological polar surface area (TPSA) is 68.2 Å². The van der Waals surface area contributed by atoms with Crippen molar-refractivity contribution < 1.29 is 18.9 Å². The Morgan fingerprint density at radius 2 is 1.00 bits per heavy atom. The Balaban J connectivity index is 1.12. The van der Waals surface area contributed by atoms with Crippen molar-refractivity contribution in [1.82, 2.24) is 0 Å². The molecule has 0 saturated carbocycles. The summed E-state index contributed by atoms with van der Waals surface area (Å²) in [7, 11) is 0. The molecular formula is C26H24N2O4. The molecule has 2 aliphatic rings. The second kappa shape index (κ2) is 9.77. The first kappa shape index (κ1) is 20.4. The van der Waals surface area contributed by atoms with Crippen LogP contribution in [0, 0.1) is 0 Å². The fourth-order valence-electron chi connectivity index (χ4n) is 2.93. The predicted octanol–water partition coefficient (Wildman–Crippen LogP) is 4.74. The Kier molecular flexibility index (Phi) is 6.23. The number of epoxide rings is 2. The van der Waals surface area contributed by atoms with Crippen molar-refractivity contribution in [2.24, 2.45) is 9.98 Å². The van der Waals surface area contributed by atoms with Crippen molar-refractivity contribution >= 4 is 23.8 Å². The van der Waals surface area contributed by atoms with Gasteiger partial charge in [0.1, 0.15) is 36.9 Å². The van der Waals surface area contributed by atoms with E-state index in [-0.39, 0.29) is 12.2 Å². The second-order valence-electron chi connectivity index (χ2n) is 7.70. The van der Waals surface area contributed by atoms with Gasteiger partial charge in [-0.25, -0.2) is 0 Å². The van der Waals surface area contributed by atoms with Gasteiger partial charge in [0.05, 0.1) is 24.6 Å². The number of hydrogen-bond donors (Lipinski definition) is 0. The van der Waals surface area contributed by atoms with Crippen molar-refractivity contribution in [3.05, 3.63) is 83.9 Å². The van der Waals surface area contributed by atoms with Crippen LogP contribution in [0.3, 0.4) is 0 Å². The summed E-state index contributed by atoms with van der Waals surface area (Å²) < 4.78 is 21.6. The summed E-state index contributed by atoms with van der Waals surface area (Å²) in [6.45, 7) is 2.81. The summed E-state index contributed by atoms with van der Waals surface area (Å²) in [5, 5.41) is 0. The summed E-state index contributed by atoms with van der Waals surface area (Å²) in [4.78, 5) is 9.06. The molecule has 2 aliphatic heterocycles. The smallest absolute Gasteiger partial charge is 0.119 e. The molecule has 2 fully saturated rings. The number of nitrogens with zero attached hydrogens (tertiary/aromatic N) is 2. The summed E-state index contributed by atoms with van der Waals surface area (Å²) in [5.74, 6) is 1.66. The van der Waals surface area contributed by atoms with Crippen molar-refractivity contribution in [2.75, 3.05) is 26.4 Å². The highest BCUT2D eigenvalue weighted by Crippen LogP contribution is 2.21. The molecule has 5 rings (SSSR count). The lowest BCUT2D eigenvalue weighted by molar-refractivity contribution is 0.263. The van der Waals surface area contributed by atoms with E-state index < -0.39 is 0 Å². The molecule has 6 heteroatoms. The molecule has 2 saturated heterocycles. The van der Waals surface area contributed by atoms with Gasteiger partial charge in [0.25, 0.3) is 0 Å². The minimum atomic E-state index is 0.258. The molecule has 0 bridgehead atoms. The lowest BCUT2D eigenvalue weighted by atomic mass is 10.1. The number of ether oxygens (including phenoxy) is 4. The Bertz CT molecular complexity index is 980. The average Bonchev–Trinajstić information content (AvgIpc) is 3.76. The van der Waals surface area contributed by atoms with Crippen LogP contribution in [0.1, 0.15) is 11.1 Å². The van der Waals surface area contributed by atoms with Gasteiger partial charge in [0.2, 0.25) is 0 Å². The van der Waals surface area contributed by atoms with Crippen LogP contribution in [-0.4, -0.2) is 51.1 Å². The minimum absolute atomic E-state index is 0.258. The Hall–Kier alpha value is -3.48. The standard InChI is InChI=1S/C26H24N2O4/c1-2-20(14-28-22-7-11-24(12-8-22)30-16-26-18-32-26)4-3-19(1)13-27-21-5-9-23(10-6-21)29-15-25-17-31-25/h1-14,25-26H,15-18H2/b27-13+,28-14+. The quantitative estimate of drug-likeness (QED) is 0.345. The normalized spacial score (nSPS) is 19.4. The molecular weight excluding hydrogens is 404 g/mol. The highest BCUT2D eigenvalue weighted by Gasteiger charge is 2.23. The maximum atomic E-state index is 5.64. The molecule has 2 unspecified atom stereocenters. The molecule has 2 atom stereocenters. The third-order valence-corrected chi connectivity index (χ3v) is 5.01. The largest absolute Gasteiger partial charge is 0.491 e. The molecule has 0 radical (unpaired) electrons. The molecule has 2 heterocycles. The summed E-state index contributed by atoms with van der Waals surface area (Å²) in [5.41, 5.74) is 3.80. The SMILES string of the molecule is C(=N\c1ccc(OCC2CO2)cc1)/c1ccc(/C=N/c2ccc(OCC3CO3)cc2)cc1. The molecule has 0 N–H and O–H groups in total. The van der Waals surface area contributed by atoms with Crippen molar-refractivity contribution in [1.29, 1.82) is 0 Å². The molecule has 0 aliphatic carbocycles. The zero-order valence-electron chi connectivity index (χ0n) is 17.6. The average molecular weight is 428 g/mol. The number of aliphatic imine (C=N–C) groups is 2. The van der Waals surface area contributed by atoms with Crippen LogP contribution in [0.2, 0.25) is 0 Å². The fraction of sp³-hybridized carbons (Fsp3) is 0.231. The van der Waals surface area contributed by atoms with Crippen LogP contribution < -0.4 is 9.47 Å². The number of rotatable bonds is 10. The fourth-order valence-corrected chi connectivity index (χ4v) is 2.93. The summed E-state index contributed by atoms with van der Waals surface area (Å²) >= 11 is 0. The van der Waals surface area contributed by atoms with Crippen molar-refractivity contribution in [3.63, 3.8) is 0 Å². The maximum Gasteiger partial charge on any atom is 0.119 e. The lowest BCUT2D eigenvalue weighted by Crippen LogP contribution is -2.03. The van der Waals surface area contributed by atoms with Crippen LogP contribution in [0.15, 0.2) is 82.8 Å². The second-order valence-corrected chi connectivity index (χ2v) is 7.70.